The van der Waals surface area contributed by atoms with Crippen molar-refractivity contribution in [2.24, 2.45) is 0 Å². The summed E-state index contributed by atoms with van der Waals surface area (Å²) in [5, 5.41) is 0. The first kappa shape index (κ1) is 49.5. The number of aromatic nitrogens is 4. The van der Waals surface area contributed by atoms with Crippen LogP contribution >= 0.6 is 0 Å². The monoisotopic (exact) mass is 885 g/mol. The number of nitrogens with one attached hydrogen (secondary N) is 2. The number of H-pyrrole nitrogens is 2. The number of ether oxygens (including phenoxy) is 4. The van der Waals surface area contributed by atoms with Crippen molar-refractivity contribution in [2.75, 3.05) is 26.4 Å². The Hall–Kier alpha value is -4.98. The van der Waals surface area contributed by atoms with Gasteiger partial charge in [0.2, 0.25) is 0 Å². The van der Waals surface area contributed by atoms with Crippen molar-refractivity contribution in [3.63, 3.8) is 0 Å². The van der Waals surface area contributed by atoms with Gasteiger partial charge in [0.05, 0.1) is 48.5 Å². The third kappa shape index (κ3) is 18.1. The van der Waals surface area contributed by atoms with E-state index in [0.717, 1.165) is 126 Å². The topological polar surface area (TPSA) is 94.3 Å². The van der Waals surface area contributed by atoms with E-state index in [0.29, 0.717) is 13.2 Å². The first-order chi connectivity index (χ1) is 32.2. The normalized spacial score (nSPS) is 11.5. The molecule has 0 atom stereocenters. The summed E-state index contributed by atoms with van der Waals surface area (Å²) in [5.41, 5.74) is 5.89. The number of benzene rings is 4. The fourth-order valence-corrected chi connectivity index (χ4v) is 8.56. The van der Waals surface area contributed by atoms with Crippen LogP contribution in [0, 0.1) is 0 Å². The van der Waals surface area contributed by atoms with Gasteiger partial charge in [0.15, 0.2) is 0 Å². The number of imidazole rings is 2. The van der Waals surface area contributed by atoms with Crippen molar-refractivity contribution >= 4 is 22.1 Å². The minimum absolute atomic E-state index is 0.697. The van der Waals surface area contributed by atoms with E-state index in [1.807, 2.05) is 48.5 Å². The van der Waals surface area contributed by atoms with Gasteiger partial charge in [-0.25, -0.2) is 9.97 Å². The number of nitrogens with zero attached hydrogens (tertiary/aromatic N) is 2. The standard InChI is InChI=1S/C57H80N4O4/c1-3-5-7-9-11-13-15-17-20-24-40-64-50-34-36-52-54(44-50)60-56(58-52)46-30-28-32-48(42-46)62-38-26-22-19-23-27-39-63-49-33-29-31-47(43-49)57-59-53-37-35-51(45-55(53)61-57)65-41-25-21-18-16-14-12-10-8-6-4-2/h28-37,42-45H,3-27,38-41H2,1-2H3,(H,58,60)(H,59,61). The van der Waals surface area contributed by atoms with Gasteiger partial charge in [-0.15, -0.1) is 0 Å². The van der Waals surface area contributed by atoms with Crippen LogP contribution in [0.25, 0.3) is 44.8 Å². The quantitative estimate of drug-likeness (QED) is 0.0382. The predicted octanol–water partition coefficient (Wildman–Crippen LogP) is 16.8. The van der Waals surface area contributed by atoms with Crippen molar-refractivity contribution in [2.45, 2.75) is 174 Å². The number of unbranched alkanes of at least 4 members (excludes halogenated alkanes) is 22. The molecule has 8 heteroatoms. The van der Waals surface area contributed by atoms with Crippen LogP contribution in [-0.2, 0) is 0 Å². The highest BCUT2D eigenvalue weighted by atomic mass is 16.5. The highest BCUT2D eigenvalue weighted by molar-refractivity contribution is 5.82. The fraction of sp³-hybridized carbons (Fsp3) is 0.544. The van der Waals surface area contributed by atoms with E-state index in [4.69, 9.17) is 28.9 Å². The zero-order valence-corrected chi connectivity index (χ0v) is 40.1. The molecular formula is C57H80N4O4. The maximum Gasteiger partial charge on any atom is 0.138 e. The van der Waals surface area contributed by atoms with E-state index in [-0.39, 0.29) is 0 Å². The van der Waals surface area contributed by atoms with Gasteiger partial charge < -0.3 is 28.9 Å². The molecule has 2 heterocycles. The minimum Gasteiger partial charge on any atom is -0.494 e. The van der Waals surface area contributed by atoms with Gasteiger partial charge in [0, 0.05) is 23.3 Å². The lowest BCUT2D eigenvalue weighted by molar-refractivity contribution is 0.293. The van der Waals surface area contributed by atoms with E-state index in [9.17, 15) is 0 Å². The second-order valence-electron chi connectivity index (χ2n) is 18.1. The van der Waals surface area contributed by atoms with Crippen LogP contribution in [0.5, 0.6) is 23.0 Å². The first-order valence-electron chi connectivity index (χ1n) is 25.9. The largest absolute Gasteiger partial charge is 0.494 e. The van der Waals surface area contributed by atoms with Gasteiger partial charge >= 0.3 is 0 Å². The van der Waals surface area contributed by atoms with Crippen LogP contribution in [0.2, 0.25) is 0 Å². The Balaban J connectivity index is 0.813. The molecule has 2 N–H and O–H groups in total. The summed E-state index contributed by atoms with van der Waals surface area (Å²) >= 11 is 0. The van der Waals surface area contributed by atoms with Crippen LogP contribution in [0.15, 0.2) is 84.9 Å². The van der Waals surface area contributed by atoms with E-state index in [1.54, 1.807) is 0 Å². The van der Waals surface area contributed by atoms with E-state index in [1.165, 1.54) is 116 Å². The smallest absolute Gasteiger partial charge is 0.138 e. The third-order valence-electron chi connectivity index (χ3n) is 12.5. The van der Waals surface area contributed by atoms with E-state index >= 15 is 0 Å². The molecule has 6 aromatic rings. The molecule has 0 spiro atoms. The molecule has 0 aliphatic rings. The van der Waals surface area contributed by atoms with Crippen LogP contribution < -0.4 is 18.9 Å². The summed E-state index contributed by atoms with van der Waals surface area (Å²) in [6.07, 6.45) is 31.9. The molecule has 0 aliphatic heterocycles. The van der Waals surface area contributed by atoms with Crippen molar-refractivity contribution in [3.8, 4) is 45.8 Å². The number of aromatic amines is 2. The molecule has 2 aromatic heterocycles. The molecular weight excluding hydrogens is 805 g/mol. The Morgan fingerprint density at radius 2 is 0.646 bits per heavy atom. The Kier molecular flexibility index (Phi) is 22.5. The molecule has 0 saturated carbocycles. The number of hydrogen-bond acceptors (Lipinski definition) is 6. The average molecular weight is 885 g/mol. The summed E-state index contributed by atoms with van der Waals surface area (Å²) in [6.45, 7) is 7.46. The van der Waals surface area contributed by atoms with Crippen LogP contribution in [0.3, 0.4) is 0 Å². The zero-order chi connectivity index (χ0) is 45.0. The lowest BCUT2D eigenvalue weighted by atomic mass is 10.1. The zero-order valence-electron chi connectivity index (χ0n) is 40.1. The SMILES string of the molecule is CCCCCCCCCCCCOc1ccc2[nH]c(-c3cccc(OCCCCCCCOc4cccc(-c5nc6cc(OCCCCCCCCCCCC)ccc6[nH]5)c4)c3)nc2c1. The Bertz CT molecular complexity index is 2040. The number of rotatable bonds is 36. The lowest BCUT2D eigenvalue weighted by Crippen LogP contribution is -1.99. The summed E-state index contributed by atoms with van der Waals surface area (Å²) in [6, 6.07) is 28.7. The molecule has 0 amide bonds. The maximum absolute atomic E-state index is 6.17. The summed E-state index contributed by atoms with van der Waals surface area (Å²) in [5.74, 6) is 5.20. The molecule has 8 nitrogen and oxygen atoms in total. The molecule has 4 aromatic carbocycles. The minimum atomic E-state index is 0.697. The van der Waals surface area contributed by atoms with Gasteiger partial charge in [0.1, 0.15) is 34.6 Å². The Labute approximate surface area is 391 Å². The molecule has 352 valence electrons. The van der Waals surface area contributed by atoms with Crippen LogP contribution in [-0.4, -0.2) is 46.4 Å². The number of hydrogen-bond donors (Lipinski definition) is 2. The van der Waals surface area contributed by atoms with E-state index in [2.05, 4.69) is 60.2 Å². The van der Waals surface area contributed by atoms with Crippen molar-refractivity contribution in [1.29, 1.82) is 0 Å². The molecule has 0 aliphatic carbocycles. The van der Waals surface area contributed by atoms with Gasteiger partial charge in [0.25, 0.3) is 0 Å². The van der Waals surface area contributed by atoms with Gasteiger partial charge in [-0.05, 0) is 74.2 Å². The molecule has 6 rings (SSSR count). The molecule has 0 unspecified atom stereocenters. The molecule has 0 saturated heterocycles. The maximum atomic E-state index is 6.17. The second kappa shape index (κ2) is 29.5. The fourth-order valence-electron chi connectivity index (χ4n) is 8.56. The van der Waals surface area contributed by atoms with Gasteiger partial charge in [-0.1, -0.05) is 173 Å². The van der Waals surface area contributed by atoms with Crippen molar-refractivity contribution in [1.82, 2.24) is 19.9 Å². The third-order valence-corrected chi connectivity index (χ3v) is 12.5. The summed E-state index contributed by atoms with van der Waals surface area (Å²) in [4.78, 5) is 16.8. The molecule has 65 heavy (non-hydrogen) atoms. The average Bonchev–Trinajstić information content (AvgIpc) is 3.97. The van der Waals surface area contributed by atoms with Crippen LogP contribution in [0.4, 0.5) is 0 Å². The van der Waals surface area contributed by atoms with Crippen LogP contribution in [0.1, 0.15) is 174 Å². The molecule has 0 bridgehead atoms. The Morgan fingerprint density at radius 1 is 0.338 bits per heavy atom. The summed E-state index contributed by atoms with van der Waals surface area (Å²) in [7, 11) is 0. The lowest BCUT2D eigenvalue weighted by Gasteiger charge is -2.08. The summed E-state index contributed by atoms with van der Waals surface area (Å²) < 4.78 is 24.5. The highest BCUT2D eigenvalue weighted by Crippen LogP contribution is 2.29. The Morgan fingerprint density at radius 3 is 0.985 bits per heavy atom. The first-order valence-corrected chi connectivity index (χ1v) is 25.9. The number of fused-ring (bicyclic) bond motifs is 2. The highest BCUT2D eigenvalue weighted by Gasteiger charge is 2.10. The second-order valence-corrected chi connectivity index (χ2v) is 18.1. The van der Waals surface area contributed by atoms with Crippen molar-refractivity contribution in [3.05, 3.63) is 84.9 Å². The predicted molar refractivity (Wildman–Crippen MR) is 272 cm³/mol. The molecule has 0 fully saturated rings. The van der Waals surface area contributed by atoms with Crippen molar-refractivity contribution < 1.29 is 18.9 Å². The van der Waals surface area contributed by atoms with E-state index < -0.39 is 0 Å². The van der Waals surface area contributed by atoms with Gasteiger partial charge in [-0.2, -0.15) is 0 Å². The molecule has 0 radical (unpaired) electrons. The van der Waals surface area contributed by atoms with Gasteiger partial charge in [-0.3, -0.25) is 0 Å².